The van der Waals surface area contributed by atoms with Gasteiger partial charge in [0.2, 0.25) is 15.9 Å². The number of nitrogens with one attached hydrogen (secondary N) is 1. The second kappa shape index (κ2) is 8.54. The van der Waals surface area contributed by atoms with Crippen molar-refractivity contribution in [3.8, 4) is 5.75 Å². The van der Waals surface area contributed by atoms with E-state index in [9.17, 15) is 13.2 Å². The lowest BCUT2D eigenvalue weighted by atomic mass is 10.1. The fourth-order valence-electron chi connectivity index (χ4n) is 3.19. The van der Waals surface area contributed by atoms with E-state index in [1.165, 1.54) is 18.7 Å². The van der Waals surface area contributed by atoms with Gasteiger partial charge in [-0.05, 0) is 43.0 Å². The van der Waals surface area contributed by atoms with E-state index >= 15 is 0 Å². The predicted molar refractivity (Wildman–Crippen MR) is 105 cm³/mol. The summed E-state index contributed by atoms with van der Waals surface area (Å²) in [6, 6.07) is 14.8. The molecule has 2 aromatic rings. The minimum absolute atomic E-state index is 0.0133. The molecule has 0 atom stereocenters. The van der Waals surface area contributed by atoms with Crippen LogP contribution in [0.15, 0.2) is 53.4 Å². The maximum absolute atomic E-state index is 12.8. The molecule has 0 bridgehead atoms. The molecular weight excluding hydrogens is 364 g/mol. The molecule has 1 aliphatic rings. The third-order valence-electron chi connectivity index (χ3n) is 4.60. The molecule has 144 valence electrons. The molecule has 0 aliphatic carbocycles. The molecule has 1 amide bonds. The van der Waals surface area contributed by atoms with Gasteiger partial charge >= 0.3 is 0 Å². The summed E-state index contributed by atoms with van der Waals surface area (Å²) in [5.41, 5.74) is 1.76. The summed E-state index contributed by atoms with van der Waals surface area (Å²) in [6.07, 6.45) is 2.76. The number of sulfonamides is 1. The first kappa shape index (κ1) is 19.4. The maximum atomic E-state index is 12.8. The number of methoxy groups -OCH3 is 1. The summed E-state index contributed by atoms with van der Waals surface area (Å²) >= 11 is 0. The fraction of sp³-hybridized carbons (Fsp3) is 0.350. The van der Waals surface area contributed by atoms with Gasteiger partial charge in [0.05, 0.1) is 7.11 Å². The van der Waals surface area contributed by atoms with E-state index in [0.717, 1.165) is 12.8 Å². The molecule has 1 fully saturated rings. The summed E-state index contributed by atoms with van der Waals surface area (Å²) < 4.78 is 33.4. The molecule has 0 spiro atoms. The van der Waals surface area contributed by atoms with Crippen molar-refractivity contribution in [1.82, 2.24) is 4.72 Å². The quantitative estimate of drug-likeness (QED) is 0.706. The van der Waals surface area contributed by atoms with Crippen molar-refractivity contribution in [3.63, 3.8) is 0 Å². The first-order chi connectivity index (χ1) is 13.0. The predicted octanol–water partition coefficient (Wildman–Crippen LogP) is 2.73. The van der Waals surface area contributed by atoms with E-state index < -0.39 is 10.0 Å². The first-order valence-electron chi connectivity index (χ1n) is 9.03. The Labute approximate surface area is 160 Å². The van der Waals surface area contributed by atoms with Crippen LogP contribution in [0.2, 0.25) is 0 Å². The molecule has 2 aromatic carbocycles. The van der Waals surface area contributed by atoms with Crippen LogP contribution in [0, 0.1) is 0 Å². The van der Waals surface area contributed by atoms with E-state index in [0.29, 0.717) is 31.6 Å². The molecule has 27 heavy (non-hydrogen) atoms. The normalized spacial score (nSPS) is 14.6. The zero-order chi connectivity index (χ0) is 19.3. The smallest absolute Gasteiger partial charge is 0.244 e. The van der Waals surface area contributed by atoms with E-state index in [1.54, 1.807) is 17.0 Å². The van der Waals surface area contributed by atoms with Gasteiger partial charge in [-0.25, -0.2) is 13.1 Å². The van der Waals surface area contributed by atoms with Crippen molar-refractivity contribution in [2.75, 3.05) is 25.1 Å². The number of hydrogen-bond acceptors (Lipinski definition) is 4. The molecule has 0 unspecified atom stereocenters. The SMILES string of the molecule is COc1ccc(N2CCCC2=O)cc1S(=O)(=O)NCCCc1ccccc1. The highest BCUT2D eigenvalue weighted by molar-refractivity contribution is 7.89. The number of aryl methyl sites for hydroxylation is 1. The van der Waals surface area contributed by atoms with Crippen molar-refractivity contribution in [1.29, 1.82) is 0 Å². The molecule has 6 nitrogen and oxygen atoms in total. The molecular formula is C20H24N2O4S. The molecule has 0 saturated carbocycles. The zero-order valence-electron chi connectivity index (χ0n) is 15.3. The minimum atomic E-state index is -3.74. The standard InChI is InChI=1S/C20H24N2O4S/c1-26-18-12-11-17(22-14-6-10-20(22)23)15-19(18)27(24,25)21-13-5-9-16-7-3-2-4-8-16/h2-4,7-8,11-12,15,21H,5-6,9-10,13-14H2,1H3. The third-order valence-corrected chi connectivity index (χ3v) is 6.08. The summed E-state index contributed by atoms with van der Waals surface area (Å²) in [4.78, 5) is 13.6. The van der Waals surface area contributed by atoms with Crippen molar-refractivity contribution in [3.05, 3.63) is 54.1 Å². The van der Waals surface area contributed by atoms with Crippen molar-refractivity contribution in [2.45, 2.75) is 30.6 Å². The molecule has 3 rings (SSSR count). The Bertz CT molecular complexity index is 897. The number of nitrogens with zero attached hydrogens (tertiary/aromatic N) is 1. The number of hydrogen-bond donors (Lipinski definition) is 1. The van der Waals surface area contributed by atoms with E-state index in [-0.39, 0.29) is 16.6 Å². The van der Waals surface area contributed by atoms with Crippen molar-refractivity contribution < 1.29 is 17.9 Å². The van der Waals surface area contributed by atoms with E-state index in [4.69, 9.17) is 4.74 Å². The first-order valence-corrected chi connectivity index (χ1v) is 10.5. The minimum Gasteiger partial charge on any atom is -0.495 e. The lowest BCUT2D eigenvalue weighted by molar-refractivity contribution is -0.117. The molecule has 1 aliphatic heterocycles. The average Bonchev–Trinajstić information content (AvgIpc) is 3.11. The van der Waals surface area contributed by atoms with Crippen LogP contribution in [0.5, 0.6) is 5.75 Å². The summed E-state index contributed by atoms with van der Waals surface area (Å²) in [6.45, 7) is 0.933. The van der Waals surface area contributed by atoms with Gasteiger partial charge in [-0.3, -0.25) is 4.79 Å². The highest BCUT2D eigenvalue weighted by Gasteiger charge is 2.25. The number of carbonyl (C=O) groups is 1. The fourth-order valence-corrected chi connectivity index (χ4v) is 4.45. The third kappa shape index (κ3) is 4.67. The highest BCUT2D eigenvalue weighted by Crippen LogP contribution is 2.30. The second-order valence-electron chi connectivity index (χ2n) is 6.47. The van der Waals surface area contributed by atoms with Gasteiger partial charge in [-0.15, -0.1) is 0 Å². The molecule has 1 N–H and O–H groups in total. The number of carbonyl (C=O) groups excluding carboxylic acids is 1. The monoisotopic (exact) mass is 388 g/mol. The van der Waals surface area contributed by atoms with Crippen molar-refractivity contribution >= 4 is 21.6 Å². The van der Waals surface area contributed by atoms with Gasteiger partial charge < -0.3 is 9.64 Å². The lowest BCUT2D eigenvalue weighted by Crippen LogP contribution is -2.27. The number of ether oxygens (including phenoxy) is 1. The number of anilines is 1. The Morgan fingerprint density at radius 3 is 2.59 bits per heavy atom. The Balaban J connectivity index is 1.71. The molecule has 7 heteroatoms. The van der Waals surface area contributed by atoms with Gasteiger partial charge in [0, 0.05) is 25.2 Å². The summed E-state index contributed by atoms with van der Waals surface area (Å²) in [5.74, 6) is 0.278. The van der Waals surface area contributed by atoms with Crippen LogP contribution in [-0.4, -0.2) is 34.5 Å². The van der Waals surface area contributed by atoms with Crippen LogP contribution >= 0.6 is 0 Å². The average molecular weight is 388 g/mol. The van der Waals surface area contributed by atoms with Crippen LogP contribution in [0.3, 0.4) is 0 Å². The molecule has 0 aromatic heterocycles. The van der Waals surface area contributed by atoms with Gasteiger partial charge in [-0.1, -0.05) is 30.3 Å². The van der Waals surface area contributed by atoms with Gasteiger partial charge in [-0.2, -0.15) is 0 Å². The second-order valence-corrected chi connectivity index (χ2v) is 8.21. The highest BCUT2D eigenvalue weighted by atomic mass is 32.2. The van der Waals surface area contributed by atoms with Gasteiger partial charge in [0.1, 0.15) is 10.6 Å². The summed E-state index contributed by atoms with van der Waals surface area (Å²) in [7, 11) is -2.31. The van der Waals surface area contributed by atoms with E-state index in [2.05, 4.69) is 4.72 Å². The zero-order valence-corrected chi connectivity index (χ0v) is 16.2. The number of benzene rings is 2. The van der Waals surface area contributed by atoms with Gasteiger partial charge in [0.15, 0.2) is 0 Å². The van der Waals surface area contributed by atoms with Crippen LogP contribution in [0.1, 0.15) is 24.8 Å². The summed E-state index contributed by atoms with van der Waals surface area (Å²) in [5, 5.41) is 0. The Kier molecular flexibility index (Phi) is 6.13. The molecule has 1 saturated heterocycles. The molecule has 0 radical (unpaired) electrons. The Morgan fingerprint density at radius 2 is 1.93 bits per heavy atom. The maximum Gasteiger partial charge on any atom is 0.244 e. The van der Waals surface area contributed by atoms with Crippen LogP contribution in [-0.2, 0) is 21.2 Å². The van der Waals surface area contributed by atoms with Crippen LogP contribution in [0.4, 0.5) is 5.69 Å². The van der Waals surface area contributed by atoms with Crippen LogP contribution in [0.25, 0.3) is 0 Å². The largest absolute Gasteiger partial charge is 0.495 e. The van der Waals surface area contributed by atoms with Crippen molar-refractivity contribution in [2.24, 2.45) is 0 Å². The Morgan fingerprint density at radius 1 is 1.15 bits per heavy atom. The van der Waals surface area contributed by atoms with Gasteiger partial charge in [0.25, 0.3) is 0 Å². The Hall–Kier alpha value is -2.38. The van der Waals surface area contributed by atoms with Crippen LogP contribution < -0.4 is 14.4 Å². The number of amides is 1. The topological polar surface area (TPSA) is 75.7 Å². The number of rotatable bonds is 8. The molecule has 1 heterocycles. The van der Waals surface area contributed by atoms with E-state index in [1.807, 2.05) is 30.3 Å². The lowest BCUT2D eigenvalue weighted by Gasteiger charge is -2.18.